The molecule has 244 valence electrons. The lowest BCUT2D eigenvalue weighted by molar-refractivity contribution is 0.0721. The molecule has 0 heterocycles. The zero-order valence-corrected chi connectivity index (χ0v) is 29.0. The van der Waals surface area contributed by atoms with E-state index in [4.69, 9.17) is 4.74 Å². The molecule has 0 fully saturated rings. The monoisotopic (exact) mass is 576 g/mol. The van der Waals surface area contributed by atoms with E-state index in [9.17, 15) is 0 Å². The van der Waals surface area contributed by atoms with Crippen molar-refractivity contribution in [1.82, 2.24) is 4.90 Å². The van der Waals surface area contributed by atoms with Crippen molar-refractivity contribution < 1.29 is 4.74 Å². The Morgan fingerprint density at radius 1 is 0.463 bits per heavy atom. The summed E-state index contributed by atoms with van der Waals surface area (Å²) in [6.45, 7) is 6.43. The average Bonchev–Trinajstić information content (AvgIpc) is 2.97. The van der Waals surface area contributed by atoms with Gasteiger partial charge in [0, 0.05) is 12.6 Å². The molecule has 0 aliphatic rings. The fourth-order valence-electron chi connectivity index (χ4n) is 5.65. The van der Waals surface area contributed by atoms with Gasteiger partial charge in [0.1, 0.15) is 0 Å². The highest BCUT2D eigenvalue weighted by molar-refractivity contribution is 4.92. The third kappa shape index (κ3) is 33.8. The van der Waals surface area contributed by atoms with E-state index in [1.54, 1.807) is 0 Å². The van der Waals surface area contributed by atoms with Gasteiger partial charge in [0.05, 0.1) is 6.61 Å². The lowest BCUT2D eigenvalue weighted by Crippen LogP contribution is -2.32. The molecule has 0 saturated heterocycles. The van der Waals surface area contributed by atoms with Crippen molar-refractivity contribution in [3.05, 3.63) is 24.3 Å². The van der Waals surface area contributed by atoms with E-state index in [2.05, 4.69) is 57.1 Å². The van der Waals surface area contributed by atoms with E-state index in [1.165, 1.54) is 173 Å². The quantitative estimate of drug-likeness (QED) is 0.0559. The van der Waals surface area contributed by atoms with Gasteiger partial charge in [-0.05, 0) is 59.0 Å². The van der Waals surface area contributed by atoms with Crippen LogP contribution in [0.15, 0.2) is 24.3 Å². The number of ether oxygens (including phenoxy) is 1. The molecule has 0 aromatic heterocycles. The zero-order valence-electron chi connectivity index (χ0n) is 29.0. The molecule has 0 spiro atoms. The molecule has 2 heteroatoms. The first-order chi connectivity index (χ1) is 20.2. The fourth-order valence-corrected chi connectivity index (χ4v) is 5.65. The summed E-state index contributed by atoms with van der Waals surface area (Å²) in [6, 6.07) is 0.583. The van der Waals surface area contributed by atoms with E-state index >= 15 is 0 Å². The maximum Gasteiger partial charge on any atom is 0.0621 e. The van der Waals surface area contributed by atoms with Crippen LogP contribution in [0.3, 0.4) is 0 Å². The Balaban J connectivity index is 3.44. The summed E-state index contributed by atoms with van der Waals surface area (Å²) in [6.07, 6.45) is 47.9. The first-order valence-electron chi connectivity index (χ1n) is 18.8. The molecule has 0 radical (unpaired) electrons. The van der Waals surface area contributed by atoms with E-state index < -0.39 is 0 Å². The zero-order chi connectivity index (χ0) is 29.9. The van der Waals surface area contributed by atoms with Crippen LogP contribution >= 0.6 is 0 Å². The van der Waals surface area contributed by atoms with Crippen molar-refractivity contribution in [1.29, 1.82) is 0 Å². The van der Waals surface area contributed by atoms with Crippen molar-refractivity contribution in [3.8, 4) is 0 Å². The molecule has 0 aromatic rings. The number of nitrogens with zero attached hydrogens (tertiary/aromatic N) is 1. The summed E-state index contributed by atoms with van der Waals surface area (Å²) in [4.78, 5) is 2.38. The molecule has 0 aliphatic carbocycles. The Morgan fingerprint density at radius 3 is 1.34 bits per heavy atom. The Kier molecular flexibility index (Phi) is 35.1. The van der Waals surface area contributed by atoms with Crippen LogP contribution in [0.1, 0.15) is 194 Å². The van der Waals surface area contributed by atoms with Crippen molar-refractivity contribution >= 4 is 0 Å². The largest absolute Gasteiger partial charge is 0.380 e. The fraction of sp³-hybridized carbons (Fsp3) is 0.897. The van der Waals surface area contributed by atoms with Crippen LogP contribution in [0.4, 0.5) is 0 Å². The highest BCUT2D eigenvalue weighted by Gasteiger charge is 2.11. The minimum absolute atomic E-state index is 0.583. The van der Waals surface area contributed by atoms with Gasteiger partial charge in [0.25, 0.3) is 0 Å². The van der Waals surface area contributed by atoms with E-state index in [0.29, 0.717) is 6.04 Å². The molecule has 1 unspecified atom stereocenters. The predicted octanol–water partition coefficient (Wildman–Crippen LogP) is 13.0. The molecule has 1 atom stereocenters. The minimum atomic E-state index is 0.583. The van der Waals surface area contributed by atoms with Gasteiger partial charge >= 0.3 is 0 Å². The maximum absolute atomic E-state index is 6.10. The van der Waals surface area contributed by atoms with Gasteiger partial charge in [-0.2, -0.15) is 0 Å². The van der Waals surface area contributed by atoms with Crippen LogP contribution in [-0.2, 0) is 4.74 Å². The van der Waals surface area contributed by atoms with Gasteiger partial charge in [-0.1, -0.05) is 173 Å². The maximum atomic E-state index is 6.10. The van der Waals surface area contributed by atoms with Crippen molar-refractivity contribution in [2.45, 2.75) is 200 Å². The average molecular weight is 576 g/mol. The van der Waals surface area contributed by atoms with E-state index in [0.717, 1.165) is 19.6 Å². The molecule has 41 heavy (non-hydrogen) atoms. The number of hydrogen-bond acceptors (Lipinski definition) is 2. The second-order valence-electron chi connectivity index (χ2n) is 13.0. The van der Waals surface area contributed by atoms with Crippen molar-refractivity contribution in [2.75, 3.05) is 27.3 Å². The van der Waals surface area contributed by atoms with Crippen LogP contribution in [-0.4, -0.2) is 38.3 Å². The van der Waals surface area contributed by atoms with Gasteiger partial charge in [-0.15, -0.1) is 0 Å². The first-order valence-corrected chi connectivity index (χ1v) is 18.8. The number of unbranched alkanes of at least 4 members (excludes halogenated alkanes) is 23. The SMILES string of the molecule is CCCCCC=CCC=CCCCCCCCCCC(COCCCCCCCCCCCCCCCC)N(C)C. The smallest absolute Gasteiger partial charge is 0.0621 e. The van der Waals surface area contributed by atoms with Crippen molar-refractivity contribution in [2.24, 2.45) is 0 Å². The second-order valence-corrected chi connectivity index (χ2v) is 13.0. The summed E-state index contributed by atoms with van der Waals surface area (Å²) < 4.78 is 6.10. The molecule has 0 N–H and O–H groups in total. The van der Waals surface area contributed by atoms with Gasteiger partial charge in [0.2, 0.25) is 0 Å². The molecule has 0 saturated carbocycles. The van der Waals surface area contributed by atoms with Crippen molar-refractivity contribution in [3.63, 3.8) is 0 Å². The normalized spacial score (nSPS) is 12.9. The minimum Gasteiger partial charge on any atom is -0.380 e. The van der Waals surface area contributed by atoms with Gasteiger partial charge in [0.15, 0.2) is 0 Å². The number of likely N-dealkylation sites (N-methyl/N-ethyl adjacent to an activating group) is 1. The Labute approximate surface area is 260 Å². The summed E-state index contributed by atoms with van der Waals surface area (Å²) in [5, 5.41) is 0. The molecular weight excluding hydrogens is 498 g/mol. The van der Waals surface area contributed by atoms with Crippen LogP contribution in [0.25, 0.3) is 0 Å². The summed E-state index contributed by atoms with van der Waals surface area (Å²) in [5.41, 5.74) is 0. The Hall–Kier alpha value is -0.600. The van der Waals surface area contributed by atoms with E-state index in [1.807, 2.05) is 0 Å². The molecule has 0 bridgehead atoms. The molecule has 0 amide bonds. The second kappa shape index (κ2) is 35.6. The van der Waals surface area contributed by atoms with Gasteiger partial charge in [-0.25, -0.2) is 0 Å². The molecular formula is C39H77NO. The van der Waals surface area contributed by atoms with Gasteiger partial charge in [-0.3, -0.25) is 0 Å². The number of allylic oxidation sites excluding steroid dienone is 4. The van der Waals surface area contributed by atoms with Crippen LogP contribution in [0.5, 0.6) is 0 Å². The third-order valence-electron chi connectivity index (χ3n) is 8.67. The molecule has 2 nitrogen and oxygen atoms in total. The number of hydrogen-bond donors (Lipinski definition) is 0. The summed E-state index contributed by atoms with van der Waals surface area (Å²) in [5.74, 6) is 0. The Bertz CT molecular complexity index is 526. The van der Waals surface area contributed by atoms with E-state index in [-0.39, 0.29) is 0 Å². The lowest BCUT2D eigenvalue weighted by atomic mass is 10.0. The molecule has 0 aromatic carbocycles. The third-order valence-corrected chi connectivity index (χ3v) is 8.67. The summed E-state index contributed by atoms with van der Waals surface area (Å²) >= 11 is 0. The van der Waals surface area contributed by atoms with Crippen LogP contribution in [0, 0.1) is 0 Å². The topological polar surface area (TPSA) is 12.5 Å². The molecule has 0 rings (SSSR count). The predicted molar refractivity (Wildman–Crippen MR) is 187 cm³/mol. The summed E-state index contributed by atoms with van der Waals surface area (Å²) in [7, 11) is 4.44. The lowest BCUT2D eigenvalue weighted by Gasteiger charge is -2.24. The van der Waals surface area contributed by atoms with Crippen LogP contribution < -0.4 is 0 Å². The molecule has 0 aliphatic heterocycles. The highest BCUT2D eigenvalue weighted by atomic mass is 16.5. The highest BCUT2D eigenvalue weighted by Crippen LogP contribution is 2.15. The first kappa shape index (κ1) is 40.4. The van der Waals surface area contributed by atoms with Crippen LogP contribution in [0.2, 0.25) is 0 Å². The Morgan fingerprint density at radius 2 is 0.854 bits per heavy atom. The standard InChI is InChI=1S/C39H77NO/c1-5-7-9-11-13-15-17-19-21-22-23-24-26-28-30-32-34-36-39(40(3)4)38-41-37-35-33-31-29-27-25-20-18-16-14-12-10-8-6-2/h13,15,19,21,39H,5-12,14,16-18,20,22-38H2,1-4H3. The number of rotatable bonds is 34. The van der Waals surface area contributed by atoms with Gasteiger partial charge < -0.3 is 9.64 Å².